The number of anilines is 1. The zero-order valence-corrected chi connectivity index (χ0v) is 13.8. The Labute approximate surface area is 142 Å². The normalized spacial score (nSPS) is 11.1. The number of nitrogens with zero attached hydrogens (tertiary/aromatic N) is 1. The summed E-state index contributed by atoms with van der Waals surface area (Å²) in [5.74, 6) is -1.18. The molecule has 0 atom stereocenters. The van der Waals surface area contributed by atoms with E-state index in [0.29, 0.717) is 10.6 Å². The van der Waals surface area contributed by atoms with Crippen molar-refractivity contribution in [2.45, 2.75) is 5.75 Å². The van der Waals surface area contributed by atoms with Gasteiger partial charge in [-0.1, -0.05) is 29.3 Å². The summed E-state index contributed by atoms with van der Waals surface area (Å²) in [7, 11) is -3.74. The Morgan fingerprint density at radius 3 is 2.57 bits per heavy atom. The van der Waals surface area contributed by atoms with E-state index in [2.05, 4.69) is 9.71 Å². The Balaban J connectivity index is 2.18. The number of aromatic nitrogens is 1. The van der Waals surface area contributed by atoms with Crippen molar-refractivity contribution < 1.29 is 18.4 Å². The van der Waals surface area contributed by atoms with Crippen LogP contribution in [0, 0.1) is 0 Å². The van der Waals surface area contributed by atoms with E-state index in [0.717, 1.165) is 0 Å². The average Bonchev–Trinajstić information content (AvgIpc) is 2.49. The summed E-state index contributed by atoms with van der Waals surface area (Å²) in [6.45, 7) is 0. The van der Waals surface area contributed by atoms with Crippen molar-refractivity contribution in [3.05, 3.63) is 57.8 Å². The van der Waals surface area contributed by atoms with Gasteiger partial charge in [0.15, 0.2) is 0 Å². The van der Waals surface area contributed by atoms with Crippen molar-refractivity contribution in [2.75, 3.05) is 4.72 Å². The number of pyridine rings is 1. The summed E-state index contributed by atoms with van der Waals surface area (Å²) >= 11 is 11.6. The molecule has 0 aliphatic carbocycles. The number of sulfonamides is 1. The van der Waals surface area contributed by atoms with Crippen LogP contribution in [0.25, 0.3) is 0 Å². The monoisotopic (exact) mass is 375 g/mol. The molecular weight excluding hydrogens is 365 g/mol. The van der Waals surface area contributed by atoms with Gasteiger partial charge in [-0.25, -0.2) is 13.9 Å². The van der Waals surface area contributed by atoms with Crippen molar-refractivity contribution in [3.63, 3.8) is 0 Å². The molecule has 1 heterocycles. The van der Waals surface area contributed by atoms with E-state index in [1.165, 1.54) is 35.9 Å². The first-order valence-corrected chi connectivity index (χ1v) is 8.56. The van der Waals surface area contributed by atoms with Crippen LogP contribution in [0.5, 0.6) is 0 Å². The van der Waals surface area contributed by atoms with Crippen LogP contribution in [-0.4, -0.2) is 24.5 Å². The van der Waals surface area contributed by atoms with Crippen LogP contribution in [0.4, 0.5) is 5.69 Å². The number of benzene rings is 1. The Bertz CT molecular complexity index is 843. The molecule has 1 aromatic carbocycles. The van der Waals surface area contributed by atoms with Crippen LogP contribution in [0.15, 0.2) is 36.5 Å². The molecule has 23 heavy (non-hydrogen) atoms. The number of amides is 1. The van der Waals surface area contributed by atoms with Gasteiger partial charge in [-0.2, -0.15) is 0 Å². The lowest BCUT2D eigenvalue weighted by Crippen LogP contribution is -2.21. The van der Waals surface area contributed by atoms with Crippen molar-refractivity contribution in [1.82, 2.24) is 10.5 Å². The lowest BCUT2D eigenvalue weighted by Gasteiger charge is -2.09. The second-order valence-corrected chi connectivity index (χ2v) is 7.02. The molecule has 0 unspecified atom stereocenters. The van der Waals surface area contributed by atoms with Gasteiger partial charge in [0.2, 0.25) is 10.0 Å². The predicted molar refractivity (Wildman–Crippen MR) is 86.2 cm³/mol. The molecule has 1 aromatic heterocycles. The zero-order valence-electron chi connectivity index (χ0n) is 11.5. The molecule has 0 saturated heterocycles. The number of carbonyl (C=O) groups is 1. The van der Waals surface area contributed by atoms with Crippen LogP contribution in [-0.2, 0) is 15.8 Å². The Morgan fingerprint density at radius 2 is 1.91 bits per heavy atom. The topological polar surface area (TPSA) is 108 Å². The summed E-state index contributed by atoms with van der Waals surface area (Å²) < 4.78 is 26.6. The fourth-order valence-electron chi connectivity index (χ4n) is 1.74. The van der Waals surface area contributed by atoms with Crippen LogP contribution in [0.3, 0.4) is 0 Å². The van der Waals surface area contributed by atoms with Crippen LogP contribution in [0.2, 0.25) is 10.0 Å². The summed E-state index contributed by atoms with van der Waals surface area (Å²) in [4.78, 5) is 15.0. The number of nitrogens with one attached hydrogen (secondary N) is 2. The third kappa shape index (κ3) is 4.80. The summed E-state index contributed by atoms with van der Waals surface area (Å²) in [6, 6.07) is 7.08. The second-order valence-electron chi connectivity index (χ2n) is 4.48. The van der Waals surface area contributed by atoms with Gasteiger partial charge in [0.05, 0.1) is 21.5 Å². The van der Waals surface area contributed by atoms with Gasteiger partial charge in [-0.05, 0) is 29.8 Å². The minimum atomic E-state index is -3.74. The van der Waals surface area contributed by atoms with Crippen LogP contribution in [0.1, 0.15) is 16.1 Å². The first-order chi connectivity index (χ1) is 10.8. The first kappa shape index (κ1) is 17.5. The zero-order chi connectivity index (χ0) is 17.0. The van der Waals surface area contributed by atoms with E-state index in [1.54, 1.807) is 6.07 Å². The van der Waals surface area contributed by atoms with E-state index >= 15 is 0 Å². The molecule has 0 fully saturated rings. The smallest absolute Gasteiger partial charge is 0.288 e. The number of carbonyl (C=O) groups excluding carboxylic acids is 1. The highest BCUT2D eigenvalue weighted by Crippen LogP contribution is 2.24. The maximum absolute atomic E-state index is 12.2. The van der Waals surface area contributed by atoms with Gasteiger partial charge in [0.25, 0.3) is 5.91 Å². The number of hydrogen-bond acceptors (Lipinski definition) is 5. The van der Waals surface area contributed by atoms with Crippen molar-refractivity contribution in [3.8, 4) is 0 Å². The SMILES string of the molecule is O=C(NO)c1cc(NS(=O)(=O)Cc2ccc(Cl)c(Cl)c2)ccn1. The van der Waals surface area contributed by atoms with Gasteiger partial charge in [-0.15, -0.1) is 0 Å². The lowest BCUT2D eigenvalue weighted by molar-refractivity contribution is 0.0701. The van der Waals surface area contributed by atoms with Crippen molar-refractivity contribution in [2.24, 2.45) is 0 Å². The summed E-state index contributed by atoms with van der Waals surface area (Å²) in [5, 5.41) is 9.14. The molecule has 0 spiro atoms. The molecule has 0 aliphatic heterocycles. The Hall–Kier alpha value is -1.87. The maximum Gasteiger partial charge on any atom is 0.293 e. The average molecular weight is 376 g/mol. The molecule has 2 aromatic rings. The number of hydroxylamine groups is 1. The highest BCUT2D eigenvalue weighted by molar-refractivity contribution is 7.91. The molecule has 2 rings (SSSR count). The van der Waals surface area contributed by atoms with Crippen LogP contribution < -0.4 is 10.2 Å². The van der Waals surface area contributed by atoms with Gasteiger partial charge < -0.3 is 0 Å². The van der Waals surface area contributed by atoms with E-state index in [-0.39, 0.29) is 22.2 Å². The fourth-order valence-corrected chi connectivity index (χ4v) is 3.24. The molecular formula is C13H11Cl2N3O4S. The maximum atomic E-state index is 12.2. The molecule has 1 amide bonds. The standard InChI is InChI=1S/C13H11Cl2N3O4S/c14-10-2-1-8(5-11(10)15)7-23(21,22)18-9-3-4-16-12(6-9)13(19)17-20/h1-6,20H,7H2,(H,16,18)(H,17,19). The minimum Gasteiger partial charge on any atom is -0.288 e. The van der Waals surface area contributed by atoms with Gasteiger partial charge in [0.1, 0.15) is 5.69 Å². The molecule has 0 aliphatic rings. The second kappa shape index (κ2) is 7.14. The van der Waals surface area contributed by atoms with E-state index < -0.39 is 15.9 Å². The molecule has 0 bridgehead atoms. The Kier molecular flexibility index (Phi) is 5.42. The summed E-state index contributed by atoms with van der Waals surface area (Å²) in [5.41, 5.74) is 1.87. The van der Waals surface area contributed by atoms with E-state index in [4.69, 9.17) is 28.4 Å². The number of rotatable bonds is 5. The summed E-state index contributed by atoms with van der Waals surface area (Å²) in [6.07, 6.45) is 1.24. The number of hydrogen-bond donors (Lipinski definition) is 3. The molecule has 0 saturated carbocycles. The lowest BCUT2D eigenvalue weighted by atomic mass is 10.2. The molecule has 10 heteroatoms. The fraction of sp³-hybridized carbons (Fsp3) is 0.0769. The minimum absolute atomic E-state index is 0.137. The highest BCUT2D eigenvalue weighted by atomic mass is 35.5. The van der Waals surface area contributed by atoms with E-state index in [9.17, 15) is 13.2 Å². The number of halogens is 2. The van der Waals surface area contributed by atoms with E-state index in [1.807, 2.05) is 0 Å². The van der Waals surface area contributed by atoms with Gasteiger partial charge in [0, 0.05) is 6.20 Å². The molecule has 0 radical (unpaired) electrons. The van der Waals surface area contributed by atoms with Gasteiger partial charge >= 0.3 is 0 Å². The largest absolute Gasteiger partial charge is 0.293 e. The molecule has 7 nitrogen and oxygen atoms in total. The third-order valence-electron chi connectivity index (χ3n) is 2.71. The molecule has 122 valence electrons. The third-order valence-corrected chi connectivity index (χ3v) is 4.71. The van der Waals surface area contributed by atoms with Crippen molar-refractivity contribution >= 4 is 44.8 Å². The van der Waals surface area contributed by atoms with Crippen LogP contribution >= 0.6 is 23.2 Å². The molecule has 3 N–H and O–H groups in total. The quantitative estimate of drug-likeness (QED) is 0.549. The van der Waals surface area contributed by atoms with Crippen molar-refractivity contribution in [1.29, 1.82) is 0 Å². The Morgan fingerprint density at radius 1 is 1.17 bits per heavy atom. The first-order valence-electron chi connectivity index (χ1n) is 6.15. The predicted octanol–water partition coefficient (Wildman–Crippen LogP) is 2.45. The highest BCUT2D eigenvalue weighted by Gasteiger charge is 2.14. The van der Waals surface area contributed by atoms with Gasteiger partial charge in [-0.3, -0.25) is 19.7 Å².